The number of hydrogen-bond donors (Lipinski definition) is 0. The summed E-state index contributed by atoms with van der Waals surface area (Å²) in [6.45, 7) is 11.5. The molecule has 0 saturated heterocycles. The van der Waals surface area contributed by atoms with Gasteiger partial charge in [-0.3, -0.25) is 0 Å². The Hall–Kier alpha value is -4.24. The van der Waals surface area contributed by atoms with Crippen LogP contribution >= 0.6 is 0 Å². The molecule has 3 heteroatoms. The molecule has 39 heavy (non-hydrogen) atoms. The van der Waals surface area contributed by atoms with Crippen LogP contribution in [0.3, 0.4) is 0 Å². The van der Waals surface area contributed by atoms with Crippen molar-refractivity contribution in [1.29, 1.82) is 0 Å². The predicted octanol–water partition coefficient (Wildman–Crippen LogP) is 9.96. The normalized spacial score (nSPS) is 15.9. The number of aromatic nitrogens is 2. The van der Waals surface area contributed by atoms with Crippen LogP contribution in [0.15, 0.2) is 109 Å². The second-order valence-corrected chi connectivity index (χ2v) is 11.7. The van der Waals surface area contributed by atoms with Crippen molar-refractivity contribution >= 4 is 21.8 Å². The van der Waals surface area contributed by atoms with Crippen LogP contribution in [0, 0.1) is 0 Å². The Labute approximate surface area is 245 Å². The maximum Gasteiger partial charge on any atom is 0.127 e. The van der Waals surface area contributed by atoms with Gasteiger partial charge >= 0.3 is 0 Å². The molecule has 0 fully saturated rings. The predicted molar refractivity (Wildman–Crippen MR) is 164 cm³/mol. The van der Waals surface area contributed by atoms with E-state index in [0.29, 0.717) is 44.8 Å². The standard InChI is InChI=1S/C36H36N2O/c1-35(2,3)31-23-37(33-13-9-7-11-29(31)33)25-15-19-27(20-16-25)39-28-21-17-26(18-22-28)38-24-32(36(4,5)6)30-12-8-10-14-34(30)38/h7-24H,1-6H3/i7D,8D,9D,10D,11D,12D,13D,14D,23D,24D. The highest BCUT2D eigenvalue weighted by Gasteiger charge is 2.21. The first kappa shape index (κ1) is 16.0. The summed E-state index contributed by atoms with van der Waals surface area (Å²) in [5.74, 6) is 0.961. The van der Waals surface area contributed by atoms with Gasteiger partial charge in [-0.2, -0.15) is 0 Å². The summed E-state index contributed by atoms with van der Waals surface area (Å²) in [6, 6.07) is 11.6. The highest BCUT2D eigenvalue weighted by atomic mass is 16.5. The number of rotatable bonds is 4. The zero-order valence-corrected chi connectivity index (χ0v) is 22.9. The lowest BCUT2D eigenvalue weighted by molar-refractivity contribution is 0.482. The average Bonchev–Trinajstić information content (AvgIpc) is 3.53. The summed E-state index contributed by atoms with van der Waals surface area (Å²) < 4.78 is 94.9. The highest BCUT2D eigenvalue weighted by Crippen LogP contribution is 2.35. The van der Waals surface area contributed by atoms with E-state index in [1.165, 1.54) is 0 Å². The van der Waals surface area contributed by atoms with Gasteiger partial charge in [0.25, 0.3) is 0 Å². The van der Waals surface area contributed by atoms with Gasteiger partial charge in [0.1, 0.15) is 11.5 Å². The second kappa shape index (κ2) is 9.20. The van der Waals surface area contributed by atoms with E-state index in [1.54, 1.807) is 57.7 Å². The van der Waals surface area contributed by atoms with Gasteiger partial charge in [-0.15, -0.1) is 0 Å². The molecular formula is C36H36N2O. The van der Waals surface area contributed by atoms with Gasteiger partial charge in [0.15, 0.2) is 0 Å². The van der Waals surface area contributed by atoms with E-state index < -0.39 is 10.8 Å². The highest BCUT2D eigenvalue weighted by molar-refractivity contribution is 5.87. The lowest BCUT2D eigenvalue weighted by Crippen LogP contribution is -2.10. The second-order valence-electron chi connectivity index (χ2n) is 11.7. The van der Waals surface area contributed by atoms with E-state index in [-0.39, 0.29) is 71.7 Å². The van der Waals surface area contributed by atoms with Gasteiger partial charge in [0.2, 0.25) is 0 Å². The molecule has 0 saturated carbocycles. The summed E-state index contributed by atoms with van der Waals surface area (Å²) >= 11 is 0. The van der Waals surface area contributed by atoms with Crippen LogP contribution < -0.4 is 4.74 Å². The minimum absolute atomic E-state index is 0.0875. The van der Waals surface area contributed by atoms with Crippen LogP contribution in [0.1, 0.15) is 66.4 Å². The fourth-order valence-electron chi connectivity index (χ4n) is 4.69. The van der Waals surface area contributed by atoms with Crippen molar-refractivity contribution in [2.45, 2.75) is 52.4 Å². The van der Waals surface area contributed by atoms with E-state index in [2.05, 4.69) is 0 Å². The zero-order valence-electron chi connectivity index (χ0n) is 32.9. The Morgan fingerprint density at radius 3 is 1.26 bits per heavy atom. The first-order valence-corrected chi connectivity index (χ1v) is 12.9. The molecule has 0 aliphatic heterocycles. The van der Waals surface area contributed by atoms with Crippen molar-refractivity contribution in [3.8, 4) is 22.9 Å². The third kappa shape index (κ3) is 4.63. The molecule has 0 bridgehead atoms. The molecule has 0 amide bonds. The van der Waals surface area contributed by atoms with Crippen LogP contribution in [0.5, 0.6) is 11.5 Å². The van der Waals surface area contributed by atoms with Gasteiger partial charge in [0, 0.05) is 34.5 Å². The smallest absolute Gasteiger partial charge is 0.127 e. The van der Waals surface area contributed by atoms with Gasteiger partial charge in [0.05, 0.1) is 24.7 Å². The number of benzene rings is 4. The molecule has 0 atom stereocenters. The lowest BCUT2D eigenvalue weighted by atomic mass is 9.87. The number of para-hydroxylation sites is 2. The fourth-order valence-corrected chi connectivity index (χ4v) is 4.69. The number of nitrogens with zero attached hydrogens (tertiary/aromatic N) is 2. The Bertz CT molecular complexity index is 2140. The molecule has 0 N–H and O–H groups in total. The van der Waals surface area contributed by atoms with E-state index in [1.807, 2.05) is 41.5 Å². The van der Waals surface area contributed by atoms with Crippen LogP contribution in [0.2, 0.25) is 0 Å². The quantitative estimate of drug-likeness (QED) is 0.225. The molecule has 6 rings (SSSR count). The molecule has 0 aliphatic carbocycles. The van der Waals surface area contributed by atoms with Gasteiger partial charge in [-0.25, -0.2) is 0 Å². The summed E-state index contributed by atoms with van der Waals surface area (Å²) in [7, 11) is 0. The summed E-state index contributed by atoms with van der Waals surface area (Å²) in [5.41, 5.74) is 1.52. The zero-order chi connectivity index (χ0) is 36.1. The van der Waals surface area contributed by atoms with Gasteiger partial charge in [-0.1, -0.05) is 77.8 Å². The number of fused-ring (bicyclic) bond motifs is 2. The minimum atomic E-state index is -0.560. The Balaban J connectivity index is 1.38. The molecule has 196 valence electrons. The Morgan fingerprint density at radius 1 is 0.538 bits per heavy atom. The van der Waals surface area contributed by atoms with E-state index in [9.17, 15) is 0 Å². The van der Waals surface area contributed by atoms with Crippen molar-refractivity contribution in [3.63, 3.8) is 0 Å². The lowest BCUT2D eigenvalue weighted by Gasteiger charge is -2.17. The van der Waals surface area contributed by atoms with Crippen LogP contribution in [-0.4, -0.2) is 9.13 Å². The first-order valence-electron chi connectivity index (χ1n) is 17.9. The molecule has 0 spiro atoms. The SMILES string of the molecule is [2H]c1c([2H])c([2H])c2c(c1[2H])c(C(C)(C)C)c([2H])n2-c1ccc(Oc2ccc(-n3c([2H])c(C(C)(C)C)c4c([2H])c([2H])c([2H])c([2H])c43)cc2)cc1. The number of ether oxygens (including phenoxy) is 1. The van der Waals surface area contributed by atoms with Crippen LogP contribution in [-0.2, 0) is 10.8 Å². The fraction of sp³-hybridized carbons (Fsp3) is 0.222. The van der Waals surface area contributed by atoms with Gasteiger partial charge in [-0.05, 0) is 82.6 Å². The summed E-state index contributed by atoms with van der Waals surface area (Å²) in [5, 5.41) is 0.667. The number of hydrogen-bond acceptors (Lipinski definition) is 1. The van der Waals surface area contributed by atoms with E-state index in [4.69, 9.17) is 18.4 Å². The Morgan fingerprint density at radius 2 is 0.897 bits per heavy atom. The molecule has 2 heterocycles. The maximum absolute atomic E-state index is 9.06. The molecule has 2 aromatic heterocycles. The molecule has 0 unspecified atom stereocenters. The third-order valence-electron chi connectivity index (χ3n) is 6.66. The molecule has 3 nitrogen and oxygen atoms in total. The molecular weight excluding hydrogens is 476 g/mol. The molecule has 0 radical (unpaired) electrons. The Kier molecular flexibility index (Phi) is 3.77. The molecule has 4 aromatic carbocycles. The maximum atomic E-state index is 9.06. The van der Waals surface area contributed by atoms with E-state index in [0.717, 1.165) is 0 Å². The van der Waals surface area contributed by atoms with Crippen molar-refractivity contribution < 1.29 is 18.4 Å². The van der Waals surface area contributed by atoms with Gasteiger partial charge < -0.3 is 13.9 Å². The van der Waals surface area contributed by atoms with E-state index >= 15 is 0 Å². The van der Waals surface area contributed by atoms with Crippen molar-refractivity contribution in [2.75, 3.05) is 0 Å². The first-order chi connectivity index (χ1) is 22.8. The molecule has 6 aromatic rings. The monoisotopic (exact) mass is 522 g/mol. The third-order valence-corrected chi connectivity index (χ3v) is 6.66. The van der Waals surface area contributed by atoms with Crippen LogP contribution in [0.25, 0.3) is 33.2 Å². The van der Waals surface area contributed by atoms with Crippen molar-refractivity contribution in [2.24, 2.45) is 0 Å². The largest absolute Gasteiger partial charge is 0.457 e. The minimum Gasteiger partial charge on any atom is -0.457 e. The van der Waals surface area contributed by atoms with Crippen molar-refractivity contribution in [3.05, 3.63) is 120 Å². The summed E-state index contributed by atoms with van der Waals surface area (Å²) in [6.07, 6.45) is 0.175. The molecule has 0 aliphatic rings. The van der Waals surface area contributed by atoms with Crippen LogP contribution in [0.4, 0.5) is 0 Å². The topological polar surface area (TPSA) is 19.1 Å². The average molecular weight is 523 g/mol. The van der Waals surface area contributed by atoms with Crippen molar-refractivity contribution in [1.82, 2.24) is 9.13 Å². The summed E-state index contributed by atoms with van der Waals surface area (Å²) in [4.78, 5) is 0.